The summed E-state index contributed by atoms with van der Waals surface area (Å²) in [5, 5.41) is 3.50. The Hall–Kier alpha value is -0.0800. The molecule has 0 aromatic rings. The lowest BCUT2D eigenvalue weighted by molar-refractivity contribution is 0.0130. The van der Waals surface area contributed by atoms with Gasteiger partial charge in [-0.15, -0.1) is 0 Å². The minimum absolute atomic E-state index is 0.525. The van der Waals surface area contributed by atoms with Crippen molar-refractivity contribution in [2.75, 3.05) is 26.7 Å². The van der Waals surface area contributed by atoms with E-state index < -0.39 is 0 Å². The van der Waals surface area contributed by atoms with Gasteiger partial charge in [0, 0.05) is 25.7 Å². The third-order valence-corrected chi connectivity index (χ3v) is 6.00. The van der Waals surface area contributed by atoms with Crippen LogP contribution in [0.15, 0.2) is 0 Å². The quantitative estimate of drug-likeness (QED) is 0.843. The number of hydrogen-bond acceptors (Lipinski definition) is 2. The fraction of sp³-hybridized carbons (Fsp3) is 1.00. The zero-order valence-corrected chi connectivity index (χ0v) is 14.4. The van der Waals surface area contributed by atoms with Gasteiger partial charge in [-0.25, -0.2) is 0 Å². The lowest BCUT2D eigenvalue weighted by Crippen LogP contribution is -2.53. The minimum Gasteiger partial charge on any atom is -0.319 e. The average molecular weight is 280 g/mol. The Bertz CT molecular complexity index is 300. The highest BCUT2D eigenvalue weighted by atomic mass is 15.2. The van der Waals surface area contributed by atoms with Crippen molar-refractivity contribution in [3.8, 4) is 0 Å². The first-order valence-electron chi connectivity index (χ1n) is 8.84. The predicted molar refractivity (Wildman–Crippen MR) is 88.0 cm³/mol. The van der Waals surface area contributed by atoms with Crippen molar-refractivity contribution in [1.82, 2.24) is 10.2 Å². The Morgan fingerprint density at radius 1 is 1.15 bits per heavy atom. The molecule has 1 saturated carbocycles. The molecule has 1 N–H and O–H groups in total. The molecular formula is C18H36N2. The zero-order valence-electron chi connectivity index (χ0n) is 14.4. The third-order valence-electron chi connectivity index (χ3n) is 6.00. The Morgan fingerprint density at radius 3 is 2.55 bits per heavy atom. The summed E-state index contributed by atoms with van der Waals surface area (Å²) < 4.78 is 0. The minimum atomic E-state index is 0.525. The highest BCUT2D eigenvalue weighted by Crippen LogP contribution is 2.41. The summed E-state index contributed by atoms with van der Waals surface area (Å²) >= 11 is 0. The first-order chi connectivity index (χ1) is 9.46. The molecule has 0 aromatic heterocycles. The Kier molecular flexibility index (Phi) is 5.53. The topological polar surface area (TPSA) is 15.3 Å². The number of nitrogens with zero attached hydrogens (tertiary/aromatic N) is 1. The van der Waals surface area contributed by atoms with Crippen molar-refractivity contribution in [2.24, 2.45) is 23.2 Å². The Balaban J connectivity index is 2.06. The molecule has 0 spiro atoms. The highest BCUT2D eigenvalue weighted by molar-refractivity contribution is 4.93. The van der Waals surface area contributed by atoms with Crippen molar-refractivity contribution >= 4 is 0 Å². The molecule has 2 aliphatic rings. The van der Waals surface area contributed by atoms with Gasteiger partial charge in [-0.1, -0.05) is 33.6 Å². The molecular weight excluding hydrogens is 244 g/mol. The molecule has 1 heterocycles. The van der Waals surface area contributed by atoms with Crippen LogP contribution in [0.3, 0.4) is 0 Å². The van der Waals surface area contributed by atoms with Gasteiger partial charge in [0.1, 0.15) is 0 Å². The number of rotatable bonds is 4. The maximum atomic E-state index is 3.50. The van der Waals surface area contributed by atoms with E-state index in [1.807, 2.05) is 0 Å². The predicted octanol–water partition coefficient (Wildman–Crippen LogP) is 3.77. The molecule has 0 aromatic carbocycles. The summed E-state index contributed by atoms with van der Waals surface area (Å²) in [6, 6.07) is 0.761. The summed E-state index contributed by atoms with van der Waals surface area (Å²) in [4.78, 5) is 2.81. The first kappa shape index (κ1) is 16.3. The van der Waals surface area contributed by atoms with E-state index in [0.29, 0.717) is 5.41 Å². The lowest BCUT2D eigenvalue weighted by atomic mass is 9.69. The zero-order chi connectivity index (χ0) is 14.8. The van der Waals surface area contributed by atoms with Gasteiger partial charge in [0.05, 0.1) is 0 Å². The van der Waals surface area contributed by atoms with E-state index in [0.717, 1.165) is 23.8 Å². The van der Waals surface area contributed by atoms with Crippen LogP contribution in [0.1, 0.15) is 59.8 Å². The van der Waals surface area contributed by atoms with Crippen molar-refractivity contribution in [2.45, 2.75) is 65.8 Å². The summed E-state index contributed by atoms with van der Waals surface area (Å²) in [5.74, 6) is 2.63. The summed E-state index contributed by atoms with van der Waals surface area (Å²) in [6.07, 6.45) is 7.11. The van der Waals surface area contributed by atoms with Gasteiger partial charge in [-0.05, 0) is 56.4 Å². The summed E-state index contributed by atoms with van der Waals surface area (Å²) in [6.45, 7) is 13.6. The van der Waals surface area contributed by atoms with E-state index in [-0.39, 0.29) is 0 Å². The number of piperidine rings is 1. The van der Waals surface area contributed by atoms with Crippen LogP contribution in [-0.4, -0.2) is 37.6 Å². The van der Waals surface area contributed by atoms with Crippen LogP contribution < -0.4 is 5.32 Å². The van der Waals surface area contributed by atoms with Gasteiger partial charge in [-0.2, -0.15) is 0 Å². The molecule has 2 rings (SSSR count). The van der Waals surface area contributed by atoms with Crippen molar-refractivity contribution in [3.05, 3.63) is 0 Å². The molecule has 1 aliphatic heterocycles. The van der Waals surface area contributed by atoms with E-state index in [4.69, 9.17) is 0 Å². The van der Waals surface area contributed by atoms with E-state index in [1.54, 1.807) is 0 Å². The molecule has 5 unspecified atom stereocenters. The SMILES string of the molecule is CNCC1(CN2CC(C)CC(C)C2C)CCCC(C)C1. The average Bonchev–Trinajstić information content (AvgIpc) is 2.35. The molecule has 20 heavy (non-hydrogen) atoms. The molecule has 0 radical (unpaired) electrons. The van der Waals surface area contributed by atoms with Crippen LogP contribution in [0.25, 0.3) is 0 Å². The normalized spacial score (nSPS) is 43.6. The molecule has 0 bridgehead atoms. The van der Waals surface area contributed by atoms with Crippen LogP contribution in [0.4, 0.5) is 0 Å². The third kappa shape index (κ3) is 3.76. The van der Waals surface area contributed by atoms with Gasteiger partial charge in [0.25, 0.3) is 0 Å². The lowest BCUT2D eigenvalue weighted by Gasteiger charge is -2.48. The summed E-state index contributed by atoms with van der Waals surface area (Å²) in [7, 11) is 2.13. The van der Waals surface area contributed by atoms with Crippen LogP contribution >= 0.6 is 0 Å². The van der Waals surface area contributed by atoms with E-state index in [2.05, 4.69) is 45.0 Å². The monoisotopic (exact) mass is 280 g/mol. The van der Waals surface area contributed by atoms with E-state index >= 15 is 0 Å². The van der Waals surface area contributed by atoms with Gasteiger partial charge in [0.2, 0.25) is 0 Å². The van der Waals surface area contributed by atoms with Gasteiger partial charge >= 0.3 is 0 Å². The van der Waals surface area contributed by atoms with Gasteiger partial charge < -0.3 is 5.32 Å². The fourth-order valence-corrected chi connectivity index (χ4v) is 4.98. The van der Waals surface area contributed by atoms with E-state index in [1.165, 1.54) is 51.7 Å². The maximum Gasteiger partial charge on any atom is 0.00930 e. The van der Waals surface area contributed by atoms with Gasteiger partial charge in [-0.3, -0.25) is 4.90 Å². The number of hydrogen-bond donors (Lipinski definition) is 1. The molecule has 2 heteroatoms. The van der Waals surface area contributed by atoms with Crippen molar-refractivity contribution < 1.29 is 0 Å². The Labute approximate surface area is 126 Å². The molecule has 1 saturated heterocycles. The van der Waals surface area contributed by atoms with E-state index in [9.17, 15) is 0 Å². The molecule has 118 valence electrons. The standard InChI is InChI=1S/C18H36N2/c1-14-7-6-8-18(10-14,12-19-5)13-20-11-15(2)9-16(3)17(20)4/h14-17,19H,6-13H2,1-5H3. The number of nitrogens with one attached hydrogen (secondary N) is 1. The smallest absolute Gasteiger partial charge is 0.00930 e. The van der Waals surface area contributed by atoms with Crippen LogP contribution in [0, 0.1) is 23.2 Å². The molecule has 1 aliphatic carbocycles. The first-order valence-corrected chi connectivity index (χ1v) is 8.84. The number of likely N-dealkylation sites (tertiary alicyclic amines) is 1. The second-order valence-electron chi connectivity index (χ2n) is 8.22. The molecule has 2 nitrogen and oxygen atoms in total. The molecule has 0 amide bonds. The Morgan fingerprint density at radius 2 is 1.90 bits per heavy atom. The maximum absolute atomic E-state index is 3.50. The van der Waals surface area contributed by atoms with Crippen LogP contribution in [0.5, 0.6) is 0 Å². The highest BCUT2D eigenvalue weighted by Gasteiger charge is 2.39. The molecule has 5 atom stereocenters. The van der Waals surface area contributed by atoms with Crippen LogP contribution in [0.2, 0.25) is 0 Å². The van der Waals surface area contributed by atoms with Crippen molar-refractivity contribution in [3.63, 3.8) is 0 Å². The second-order valence-corrected chi connectivity index (χ2v) is 8.22. The van der Waals surface area contributed by atoms with Crippen LogP contribution in [-0.2, 0) is 0 Å². The van der Waals surface area contributed by atoms with Crippen molar-refractivity contribution in [1.29, 1.82) is 0 Å². The fourth-order valence-electron chi connectivity index (χ4n) is 4.98. The largest absolute Gasteiger partial charge is 0.319 e. The second kappa shape index (κ2) is 6.79. The summed E-state index contributed by atoms with van der Waals surface area (Å²) in [5.41, 5.74) is 0.525. The molecule has 2 fully saturated rings. The van der Waals surface area contributed by atoms with Gasteiger partial charge in [0.15, 0.2) is 0 Å².